The maximum atomic E-state index is 13.7. The van der Waals surface area contributed by atoms with Gasteiger partial charge in [-0.3, -0.25) is 0 Å². The van der Waals surface area contributed by atoms with Crippen LogP contribution in [0.1, 0.15) is 17.2 Å². The van der Waals surface area contributed by atoms with Gasteiger partial charge in [0.25, 0.3) is 0 Å². The van der Waals surface area contributed by atoms with E-state index in [0.717, 1.165) is 0 Å². The summed E-state index contributed by atoms with van der Waals surface area (Å²) >= 11 is 11.6. The summed E-state index contributed by atoms with van der Waals surface area (Å²) in [6.07, 6.45) is 0.258. The Bertz CT molecular complexity index is 602. The lowest BCUT2D eigenvalue weighted by molar-refractivity contribution is 0.592. The number of nitrogens with two attached hydrogens (primary N) is 1. The molecule has 0 amide bonds. The van der Waals surface area contributed by atoms with E-state index >= 15 is 0 Å². The van der Waals surface area contributed by atoms with Crippen LogP contribution in [0, 0.1) is 11.6 Å². The Balaban J connectivity index is 2.23. The summed E-state index contributed by atoms with van der Waals surface area (Å²) in [6, 6.07) is 7.87. The second-order valence-corrected chi connectivity index (χ2v) is 5.06. The predicted octanol–water partition coefficient (Wildman–Crippen LogP) is 4.51. The Morgan fingerprint density at radius 1 is 1.05 bits per heavy atom. The highest BCUT2D eigenvalue weighted by molar-refractivity contribution is 6.31. The molecular formula is C14H11Cl2F2N. The zero-order chi connectivity index (χ0) is 14.0. The third-order valence-corrected chi connectivity index (χ3v) is 3.38. The molecule has 100 valence electrons. The van der Waals surface area contributed by atoms with Gasteiger partial charge < -0.3 is 5.73 Å². The highest BCUT2D eigenvalue weighted by Crippen LogP contribution is 2.26. The van der Waals surface area contributed by atoms with Gasteiger partial charge in [0.05, 0.1) is 0 Å². The summed E-state index contributed by atoms with van der Waals surface area (Å²) in [6.45, 7) is 0. The lowest BCUT2D eigenvalue weighted by atomic mass is 9.99. The Morgan fingerprint density at radius 2 is 1.79 bits per heavy atom. The van der Waals surface area contributed by atoms with E-state index in [1.54, 1.807) is 12.1 Å². The summed E-state index contributed by atoms with van der Waals surface area (Å²) in [7, 11) is 0. The van der Waals surface area contributed by atoms with Crippen molar-refractivity contribution in [3.63, 3.8) is 0 Å². The number of benzene rings is 2. The van der Waals surface area contributed by atoms with Gasteiger partial charge in [-0.05, 0) is 41.8 Å². The van der Waals surface area contributed by atoms with Crippen LogP contribution < -0.4 is 5.73 Å². The molecule has 0 bridgehead atoms. The molecule has 0 spiro atoms. The van der Waals surface area contributed by atoms with Gasteiger partial charge in [-0.1, -0.05) is 35.3 Å². The predicted molar refractivity (Wildman–Crippen MR) is 73.5 cm³/mol. The maximum Gasteiger partial charge on any atom is 0.127 e. The zero-order valence-electron chi connectivity index (χ0n) is 9.84. The average Bonchev–Trinajstić information content (AvgIpc) is 2.32. The standard InChI is InChI=1S/C14H11Cl2F2N/c15-9-2-1-8(13(18)6-9)5-14(19)11-4-3-10(17)7-12(11)16/h1-4,6-7,14H,5,19H2. The second kappa shape index (κ2) is 5.87. The first-order chi connectivity index (χ1) is 8.97. The molecule has 1 nitrogen and oxygen atoms in total. The van der Waals surface area contributed by atoms with Crippen LogP contribution in [-0.4, -0.2) is 0 Å². The quantitative estimate of drug-likeness (QED) is 0.886. The Labute approximate surface area is 119 Å². The van der Waals surface area contributed by atoms with Gasteiger partial charge >= 0.3 is 0 Å². The summed E-state index contributed by atoms with van der Waals surface area (Å²) in [4.78, 5) is 0. The lowest BCUT2D eigenvalue weighted by Crippen LogP contribution is -2.14. The van der Waals surface area contributed by atoms with Crippen LogP contribution >= 0.6 is 23.2 Å². The van der Waals surface area contributed by atoms with Crippen LogP contribution in [0.5, 0.6) is 0 Å². The Hall–Kier alpha value is -1.16. The zero-order valence-corrected chi connectivity index (χ0v) is 11.3. The fourth-order valence-corrected chi connectivity index (χ4v) is 2.30. The molecule has 0 aliphatic rings. The molecule has 1 atom stereocenters. The molecule has 0 heterocycles. The average molecular weight is 302 g/mol. The minimum absolute atomic E-state index is 0.238. The molecular weight excluding hydrogens is 291 g/mol. The molecule has 5 heteroatoms. The smallest absolute Gasteiger partial charge is 0.127 e. The van der Waals surface area contributed by atoms with E-state index in [0.29, 0.717) is 16.1 Å². The molecule has 2 aromatic carbocycles. The van der Waals surface area contributed by atoms with Gasteiger partial charge in [-0.2, -0.15) is 0 Å². The van der Waals surface area contributed by atoms with Crippen LogP contribution in [0.2, 0.25) is 10.0 Å². The first-order valence-electron chi connectivity index (χ1n) is 5.62. The molecule has 0 fully saturated rings. The van der Waals surface area contributed by atoms with Gasteiger partial charge in [-0.25, -0.2) is 8.78 Å². The van der Waals surface area contributed by atoms with Gasteiger partial charge in [0.15, 0.2) is 0 Å². The van der Waals surface area contributed by atoms with E-state index in [1.807, 2.05) is 0 Å². The molecule has 0 radical (unpaired) electrons. The molecule has 0 saturated carbocycles. The largest absolute Gasteiger partial charge is 0.324 e. The SMILES string of the molecule is NC(Cc1ccc(Cl)cc1F)c1ccc(F)cc1Cl. The molecule has 1 unspecified atom stereocenters. The minimum atomic E-state index is -0.510. The maximum absolute atomic E-state index is 13.7. The summed E-state index contributed by atoms with van der Waals surface area (Å²) < 4.78 is 26.6. The van der Waals surface area contributed by atoms with Crippen LogP contribution in [0.4, 0.5) is 8.78 Å². The van der Waals surface area contributed by atoms with E-state index in [4.69, 9.17) is 28.9 Å². The monoisotopic (exact) mass is 301 g/mol. The van der Waals surface area contributed by atoms with Gasteiger partial charge in [0.1, 0.15) is 11.6 Å². The van der Waals surface area contributed by atoms with Crippen molar-refractivity contribution in [1.29, 1.82) is 0 Å². The first-order valence-corrected chi connectivity index (χ1v) is 6.37. The topological polar surface area (TPSA) is 26.0 Å². The number of hydrogen-bond acceptors (Lipinski definition) is 1. The van der Waals surface area contributed by atoms with Gasteiger partial charge in [0, 0.05) is 16.1 Å². The van der Waals surface area contributed by atoms with E-state index in [2.05, 4.69) is 0 Å². The third-order valence-electron chi connectivity index (χ3n) is 2.82. The summed E-state index contributed by atoms with van der Waals surface area (Å²) in [5.74, 6) is -0.847. The number of rotatable bonds is 3. The molecule has 2 aromatic rings. The highest BCUT2D eigenvalue weighted by atomic mass is 35.5. The van der Waals surface area contributed by atoms with E-state index < -0.39 is 17.7 Å². The normalized spacial score (nSPS) is 12.5. The summed E-state index contributed by atoms with van der Waals surface area (Å²) in [5.41, 5.74) is 7.00. The minimum Gasteiger partial charge on any atom is -0.324 e. The van der Waals surface area contributed by atoms with Gasteiger partial charge in [0.2, 0.25) is 0 Å². The fourth-order valence-electron chi connectivity index (χ4n) is 1.84. The summed E-state index contributed by atoms with van der Waals surface area (Å²) in [5, 5.41) is 0.566. The molecule has 0 aromatic heterocycles. The van der Waals surface area contributed by atoms with Crippen molar-refractivity contribution in [1.82, 2.24) is 0 Å². The van der Waals surface area contributed by atoms with Crippen molar-refractivity contribution in [3.05, 3.63) is 69.2 Å². The molecule has 19 heavy (non-hydrogen) atoms. The van der Waals surface area contributed by atoms with Crippen molar-refractivity contribution < 1.29 is 8.78 Å². The number of hydrogen-bond donors (Lipinski definition) is 1. The molecule has 0 aliphatic carbocycles. The van der Waals surface area contributed by atoms with E-state index in [1.165, 1.54) is 24.3 Å². The van der Waals surface area contributed by atoms with Crippen molar-refractivity contribution in [2.75, 3.05) is 0 Å². The van der Waals surface area contributed by atoms with Crippen molar-refractivity contribution in [2.24, 2.45) is 5.73 Å². The van der Waals surface area contributed by atoms with E-state index in [9.17, 15) is 8.78 Å². The van der Waals surface area contributed by atoms with Crippen LogP contribution in [0.15, 0.2) is 36.4 Å². The van der Waals surface area contributed by atoms with Crippen LogP contribution in [0.3, 0.4) is 0 Å². The molecule has 2 N–H and O–H groups in total. The molecule has 0 aliphatic heterocycles. The fraction of sp³-hybridized carbons (Fsp3) is 0.143. The Kier molecular flexibility index (Phi) is 4.40. The second-order valence-electron chi connectivity index (χ2n) is 4.21. The molecule has 2 rings (SSSR count). The van der Waals surface area contributed by atoms with E-state index in [-0.39, 0.29) is 11.4 Å². The van der Waals surface area contributed by atoms with Crippen molar-refractivity contribution in [2.45, 2.75) is 12.5 Å². The Morgan fingerprint density at radius 3 is 2.42 bits per heavy atom. The number of halogens is 4. The van der Waals surface area contributed by atoms with Crippen LogP contribution in [0.25, 0.3) is 0 Å². The lowest BCUT2D eigenvalue weighted by Gasteiger charge is -2.14. The highest BCUT2D eigenvalue weighted by Gasteiger charge is 2.14. The van der Waals surface area contributed by atoms with Crippen molar-refractivity contribution in [3.8, 4) is 0 Å². The third kappa shape index (κ3) is 3.44. The van der Waals surface area contributed by atoms with Gasteiger partial charge in [-0.15, -0.1) is 0 Å². The van der Waals surface area contributed by atoms with Crippen LogP contribution in [-0.2, 0) is 6.42 Å². The van der Waals surface area contributed by atoms with Crippen molar-refractivity contribution >= 4 is 23.2 Å². The molecule has 0 saturated heterocycles. The first kappa shape index (κ1) is 14.3.